The lowest BCUT2D eigenvalue weighted by Crippen LogP contribution is -2.57. The number of nitrogens with one attached hydrogen (secondary N) is 1. The molecule has 0 amide bonds. The molecule has 1 saturated heterocycles. The Morgan fingerprint density at radius 1 is 1.33 bits per heavy atom. The van der Waals surface area contributed by atoms with E-state index < -0.39 is 0 Å². The molecule has 3 nitrogen and oxygen atoms in total. The van der Waals surface area contributed by atoms with Crippen LogP contribution in [-0.2, 0) is 0 Å². The number of hydrogen-bond donors (Lipinski definition) is 1. The van der Waals surface area contributed by atoms with Gasteiger partial charge in [0.1, 0.15) is 0 Å². The quantitative estimate of drug-likeness (QED) is 0.698. The maximum Gasteiger partial charge on any atom is 0.0330 e. The zero-order valence-electron chi connectivity index (χ0n) is 12.5. The Bertz CT molecular complexity index is 248. The van der Waals surface area contributed by atoms with Crippen LogP contribution in [0.3, 0.4) is 0 Å². The molecular weight excluding hydrogens is 222 g/mol. The lowest BCUT2D eigenvalue weighted by Gasteiger charge is -2.49. The van der Waals surface area contributed by atoms with E-state index >= 15 is 0 Å². The minimum Gasteiger partial charge on any atom is -0.316 e. The van der Waals surface area contributed by atoms with Gasteiger partial charge in [0.15, 0.2) is 0 Å². The van der Waals surface area contributed by atoms with Gasteiger partial charge in [-0.3, -0.25) is 0 Å². The van der Waals surface area contributed by atoms with E-state index in [1.807, 2.05) is 0 Å². The topological polar surface area (TPSA) is 18.5 Å². The normalized spacial score (nSPS) is 27.7. The maximum absolute atomic E-state index is 3.57. The lowest BCUT2D eigenvalue weighted by molar-refractivity contribution is 0.0263. The fraction of sp³-hybridized carbons (Fsp3) is 1.00. The monoisotopic (exact) mass is 253 g/mol. The summed E-state index contributed by atoms with van der Waals surface area (Å²) in [6.07, 6.45) is 6.86. The summed E-state index contributed by atoms with van der Waals surface area (Å²) in [7, 11) is 4.52. The third-order valence-electron chi connectivity index (χ3n) is 4.98. The van der Waals surface area contributed by atoms with Crippen LogP contribution in [0.4, 0.5) is 0 Å². The van der Waals surface area contributed by atoms with Gasteiger partial charge < -0.3 is 15.1 Å². The molecule has 1 aliphatic heterocycles. The molecule has 1 saturated carbocycles. The first kappa shape index (κ1) is 14.3. The maximum atomic E-state index is 3.57. The molecule has 1 N–H and O–H groups in total. The molecule has 18 heavy (non-hydrogen) atoms. The number of rotatable bonds is 7. The van der Waals surface area contributed by atoms with Crippen LogP contribution in [0.25, 0.3) is 0 Å². The second-order valence-electron chi connectivity index (χ2n) is 6.57. The van der Waals surface area contributed by atoms with Crippen molar-refractivity contribution in [2.45, 2.75) is 44.6 Å². The molecule has 0 spiro atoms. The average molecular weight is 253 g/mol. The second kappa shape index (κ2) is 6.36. The van der Waals surface area contributed by atoms with E-state index in [1.54, 1.807) is 0 Å². The van der Waals surface area contributed by atoms with E-state index in [9.17, 15) is 0 Å². The van der Waals surface area contributed by atoms with Crippen LogP contribution in [0.15, 0.2) is 0 Å². The molecule has 3 heteroatoms. The zero-order valence-corrected chi connectivity index (χ0v) is 12.5. The number of likely N-dealkylation sites (N-methyl/N-ethyl adjacent to an activating group) is 1. The summed E-state index contributed by atoms with van der Waals surface area (Å²) in [5.41, 5.74) is 0.506. The molecule has 0 bridgehead atoms. The van der Waals surface area contributed by atoms with Gasteiger partial charge in [0.05, 0.1) is 0 Å². The van der Waals surface area contributed by atoms with Gasteiger partial charge in [-0.25, -0.2) is 0 Å². The molecule has 1 aliphatic carbocycles. The summed E-state index contributed by atoms with van der Waals surface area (Å²) in [5.74, 6) is 0.885. The van der Waals surface area contributed by atoms with Gasteiger partial charge in [-0.15, -0.1) is 0 Å². The predicted octanol–water partition coefficient (Wildman–Crippen LogP) is 1.79. The van der Waals surface area contributed by atoms with Crippen molar-refractivity contribution in [3.05, 3.63) is 0 Å². The third-order valence-corrected chi connectivity index (χ3v) is 4.98. The van der Waals surface area contributed by atoms with Crippen molar-refractivity contribution in [2.24, 2.45) is 5.92 Å². The Balaban J connectivity index is 1.72. The first-order chi connectivity index (χ1) is 8.66. The highest BCUT2D eigenvalue weighted by Crippen LogP contribution is 2.37. The summed E-state index contributed by atoms with van der Waals surface area (Å²) in [6, 6.07) is 0. The molecule has 2 fully saturated rings. The summed E-state index contributed by atoms with van der Waals surface area (Å²) in [6.45, 7) is 8.56. The van der Waals surface area contributed by atoms with E-state index in [-0.39, 0.29) is 0 Å². The lowest BCUT2D eigenvalue weighted by atomic mass is 9.75. The first-order valence-electron chi connectivity index (χ1n) is 7.77. The number of likely N-dealkylation sites (tertiary alicyclic amines) is 1. The van der Waals surface area contributed by atoms with E-state index in [1.165, 1.54) is 64.8 Å². The molecule has 1 atom stereocenters. The van der Waals surface area contributed by atoms with E-state index in [0.29, 0.717) is 5.54 Å². The van der Waals surface area contributed by atoms with Crippen LogP contribution >= 0.6 is 0 Å². The molecule has 2 aliphatic rings. The largest absolute Gasteiger partial charge is 0.316 e. The second-order valence-corrected chi connectivity index (χ2v) is 6.57. The Labute approximate surface area is 113 Å². The fourth-order valence-electron chi connectivity index (χ4n) is 3.45. The van der Waals surface area contributed by atoms with Crippen molar-refractivity contribution in [1.82, 2.24) is 15.1 Å². The molecule has 0 aromatic carbocycles. The minimum atomic E-state index is 0.506. The number of hydrogen-bond acceptors (Lipinski definition) is 3. The molecule has 0 aromatic rings. The van der Waals surface area contributed by atoms with Gasteiger partial charge >= 0.3 is 0 Å². The highest BCUT2D eigenvalue weighted by Gasteiger charge is 2.41. The highest BCUT2D eigenvalue weighted by atomic mass is 15.2. The van der Waals surface area contributed by atoms with Gasteiger partial charge in [0.2, 0.25) is 0 Å². The third kappa shape index (κ3) is 3.25. The van der Waals surface area contributed by atoms with Gasteiger partial charge in [-0.1, -0.05) is 6.92 Å². The minimum absolute atomic E-state index is 0.506. The van der Waals surface area contributed by atoms with E-state index in [2.05, 4.69) is 36.1 Å². The Kier molecular flexibility index (Phi) is 5.05. The van der Waals surface area contributed by atoms with Crippen LogP contribution in [0, 0.1) is 5.92 Å². The highest BCUT2D eigenvalue weighted by molar-refractivity contribution is 4.99. The van der Waals surface area contributed by atoms with Crippen LogP contribution in [0.2, 0.25) is 0 Å². The first-order valence-corrected chi connectivity index (χ1v) is 7.77. The predicted molar refractivity (Wildman–Crippen MR) is 78.0 cm³/mol. The van der Waals surface area contributed by atoms with Crippen LogP contribution in [0.1, 0.15) is 39.0 Å². The van der Waals surface area contributed by atoms with Crippen molar-refractivity contribution in [3.8, 4) is 0 Å². The number of nitrogens with zero attached hydrogens (tertiary/aromatic N) is 2. The van der Waals surface area contributed by atoms with Gasteiger partial charge in [-0.05, 0) is 71.8 Å². The van der Waals surface area contributed by atoms with Crippen molar-refractivity contribution >= 4 is 0 Å². The summed E-state index contributed by atoms with van der Waals surface area (Å²) in [4.78, 5) is 5.18. The summed E-state index contributed by atoms with van der Waals surface area (Å²) in [5, 5.41) is 3.57. The molecule has 1 unspecified atom stereocenters. The standard InChI is InChI=1S/C15H31N3/c1-4-9-16-11-14-6-10-18(12-14)13-15(17(2)3)7-5-8-15/h14,16H,4-13H2,1-3H3. The Hall–Kier alpha value is -0.120. The molecule has 2 rings (SSSR count). The summed E-state index contributed by atoms with van der Waals surface area (Å²) < 4.78 is 0. The van der Waals surface area contributed by atoms with Gasteiger partial charge in [0, 0.05) is 18.6 Å². The smallest absolute Gasteiger partial charge is 0.0330 e. The van der Waals surface area contributed by atoms with Crippen LogP contribution < -0.4 is 5.32 Å². The Morgan fingerprint density at radius 3 is 2.67 bits per heavy atom. The van der Waals surface area contributed by atoms with E-state index in [0.717, 1.165) is 5.92 Å². The molecule has 0 aromatic heterocycles. The van der Waals surface area contributed by atoms with Crippen molar-refractivity contribution in [3.63, 3.8) is 0 Å². The van der Waals surface area contributed by atoms with Crippen LogP contribution in [0.5, 0.6) is 0 Å². The van der Waals surface area contributed by atoms with Crippen molar-refractivity contribution in [2.75, 3.05) is 46.8 Å². The van der Waals surface area contributed by atoms with Crippen molar-refractivity contribution in [1.29, 1.82) is 0 Å². The SMILES string of the molecule is CCCNCC1CCN(CC2(N(C)C)CCC2)C1. The van der Waals surface area contributed by atoms with Crippen molar-refractivity contribution < 1.29 is 0 Å². The van der Waals surface area contributed by atoms with E-state index in [4.69, 9.17) is 0 Å². The fourth-order valence-corrected chi connectivity index (χ4v) is 3.45. The molecule has 1 heterocycles. The van der Waals surface area contributed by atoms with Gasteiger partial charge in [-0.2, -0.15) is 0 Å². The molecule has 0 radical (unpaired) electrons. The average Bonchev–Trinajstić information content (AvgIpc) is 2.71. The molecular formula is C15H31N3. The summed E-state index contributed by atoms with van der Waals surface area (Å²) >= 11 is 0. The van der Waals surface area contributed by atoms with Gasteiger partial charge in [0.25, 0.3) is 0 Å². The Morgan fingerprint density at radius 2 is 2.11 bits per heavy atom. The molecule has 106 valence electrons. The zero-order chi connectivity index (χ0) is 13.0. The van der Waals surface area contributed by atoms with Crippen LogP contribution in [-0.4, -0.2) is 62.2 Å².